The Hall–Kier alpha value is -1.84. The molecule has 0 spiro atoms. The highest BCUT2D eigenvalue weighted by Gasteiger charge is 2.37. The molecule has 1 saturated heterocycles. The number of benzene rings is 2. The van der Waals surface area contributed by atoms with Crippen molar-refractivity contribution in [2.75, 3.05) is 6.54 Å². The van der Waals surface area contributed by atoms with Crippen molar-refractivity contribution in [3.05, 3.63) is 59.1 Å². The van der Waals surface area contributed by atoms with E-state index in [-0.39, 0.29) is 17.9 Å². The number of carbonyl (C=O) groups is 1. The van der Waals surface area contributed by atoms with Gasteiger partial charge in [0.05, 0.1) is 6.10 Å². The Bertz CT molecular complexity index is 799. The van der Waals surface area contributed by atoms with E-state index in [1.807, 2.05) is 24.3 Å². The van der Waals surface area contributed by atoms with Gasteiger partial charge in [-0.2, -0.15) is 0 Å². The lowest BCUT2D eigenvalue weighted by Gasteiger charge is -2.33. The molecule has 1 aliphatic heterocycles. The van der Waals surface area contributed by atoms with Gasteiger partial charge in [-0.3, -0.25) is 4.79 Å². The minimum absolute atomic E-state index is 0.0249. The predicted octanol–water partition coefficient (Wildman–Crippen LogP) is 4.70. The number of likely N-dealkylation sites (tertiary alicyclic amines) is 1. The summed E-state index contributed by atoms with van der Waals surface area (Å²) in [6.45, 7) is 0.837. The molecule has 3 nitrogen and oxygen atoms in total. The maximum atomic E-state index is 12.9. The molecule has 0 aromatic heterocycles. The van der Waals surface area contributed by atoms with Gasteiger partial charge in [0.1, 0.15) is 0 Å². The molecular weight excluding hydrogens is 358 g/mol. The van der Waals surface area contributed by atoms with Gasteiger partial charge in [0.25, 0.3) is 0 Å². The minimum atomic E-state index is -0.184. The van der Waals surface area contributed by atoms with Crippen LogP contribution in [0.3, 0.4) is 0 Å². The van der Waals surface area contributed by atoms with Crippen LogP contribution in [0.15, 0.2) is 48.5 Å². The molecule has 2 fully saturated rings. The van der Waals surface area contributed by atoms with Crippen LogP contribution in [0.2, 0.25) is 5.02 Å². The van der Waals surface area contributed by atoms with Crippen LogP contribution in [-0.2, 0) is 11.2 Å². The average molecular weight is 384 g/mol. The molecule has 4 heteroatoms. The van der Waals surface area contributed by atoms with Crippen molar-refractivity contribution in [1.29, 1.82) is 0 Å². The van der Waals surface area contributed by atoms with Crippen molar-refractivity contribution in [2.24, 2.45) is 5.92 Å². The van der Waals surface area contributed by atoms with Gasteiger partial charge < -0.3 is 10.0 Å². The standard InChI is InChI=1S/C23H26ClNO2/c24-22-15-17(16-4-2-1-3-5-16)6-7-18(22)14-19-12-13-25(23(19)27)20-8-10-21(26)11-9-20/h1-7,15,19-21,26H,8-14H2. The Morgan fingerprint density at radius 1 is 0.963 bits per heavy atom. The first kappa shape index (κ1) is 18.5. The Kier molecular flexibility index (Phi) is 5.51. The molecule has 0 radical (unpaired) electrons. The molecule has 1 heterocycles. The summed E-state index contributed by atoms with van der Waals surface area (Å²) in [5.41, 5.74) is 3.30. The summed E-state index contributed by atoms with van der Waals surface area (Å²) in [6, 6.07) is 16.7. The lowest BCUT2D eigenvalue weighted by atomic mass is 9.92. The lowest BCUT2D eigenvalue weighted by Crippen LogP contribution is -2.41. The van der Waals surface area contributed by atoms with Gasteiger partial charge in [-0.25, -0.2) is 0 Å². The van der Waals surface area contributed by atoms with E-state index >= 15 is 0 Å². The maximum absolute atomic E-state index is 12.9. The van der Waals surface area contributed by atoms with Crippen LogP contribution in [0, 0.1) is 5.92 Å². The van der Waals surface area contributed by atoms with Crippen LogP contribution < -0.4 is 0 Å². The van der Waals surface area contributed by atoms with Crippen LogP contribution in [0.1, 0.15) is 37.7 Å². The molecule has 27 heavy (non-hydrogen) atoms. The molecule has 2 aliphatic rings. The van der Waals surface area contributed by atoms with E-state index in [1.54, 1.807) is 0 Å². The van der Waals surface area contributed by atoms with Crippen molar-refractivity contribution < 1.29 is 9.90 Å². The fraction of sp³-hybridized carbons (Fsp3) is 0.435. The topological polar surface area (TPSA) is 40.5 Å². The number of rotatable bonds is 4. The maximum Gasteiger partial charge on any atom is 0.226 e. The Balaban J connectivity index is 1.43. The first-order valence-corrected chi connectivity index (χ1v) is 10.3. The molecule has 4 rings (SSSR count). The average Bonchev–Trinajstić information content (AvgIpc) is 3.05. The summed E-state index contributed by atoms with van der Waals surface area (Å²) in [6.07, 6.45) is 4.89. The molecular formula is C23H26ClNO2. The third-order valence-corrected chi connectivity index (χ3v) is 6.44. The van der Waals surface area contributed by atoms with E-state index in [1.165, 1.54) is 0 Å². The van der Waals surface area contributed by atoms with Crippen molar-refractivity contribution >= 4 is 17.5 Å². The number of hydrogen-bond acceptors (Lipinski definition) is 2. The highest BCUT2D eigenvalue weighted by molar-refractivity contribution is 6.31. The fourth-order valence-corrected chi connectivity index (χ4v) is 4.73. The zero-order valence-corrected chi connectivity index (χ0v) is 16.2. The summed E-state index contributed by atoms with van der Waals surface area (Å²) in [7, 11) is 0. The summed E-state index contributed by atoms with van der Waals surface area (Å²) < 4.78 is 0. The van der Waals surface area contributed by atoms with E-state index in [0.717, 1.165) is 60.4 Å². The Morgan fingerprint density at radius 2 is 1.70 bits per heavy atom. The molecule has 2 aromatic carbocycles. The van der Waals surface area contributed by atoms with Gasteiger partial charge in [0.2, 0.25) is 5.91 Å². The van der Waals surface area contributed by atoms with Gasteiger partial charge in [-0.05, 0) is 61.3 Å². The highest BCUT2D eigenvalue weighted by Crippen LogP contribution is 2.33. The molecule has 1 amide bonds. The van der Waals surface area contributed by atoms with Gasteiger partial charge in [-0.1, -0.05) is 54.1 Å². The molecule has 2 aromatic rings. The second-order valence-corrected chi connectivity index (χ2v) is 8.26. The van der Waals surface area contributed by atoms with Crippen LogP contribution >= 0.6 is 11.6 Å². The number of nitrogens with zero attached hydrogens (tertiary/aromatic N) is 1. The third kappa shape index (κ3) is 4.04. The molecule has 1 saturated carbocycles. The van der Waals surface area contributed by atoms with E-state index in [0.29, 0.717) is 12.5 Å². The third-order valence-electron chi connectivity index (χ3n) is 6.08. The van der Waals surface area contributed by atoms with Gasteiger partial charge in [-0.15, -0.1) is 0 Å². The molecule has 1 aliphatic carbocycles. The monoisotopic (exact) mass is 383 g/mol. The smallest absolute Gasteiger partial charge is 0.226 e. The van der Waals surface area contributed by atoms with Crippen molar-refractivity contribution in [3.63, 3.8) is 0 Å². The van der Waals surface area contributed by atoms with Crippen molar-refractivity contribution in [1.82, 2.24) is 4.90 Å². The van der Waals surface area contributed by atoms with E-state index in [9.17, 15) is 9.90 Å². The molecule has 0 bridgehead atoms. The number of aliphatic hydroxyl groups excluding tert-OH is 1. The molecule has 1 N–H and O–H groups in total. The fourth-order valence-electron chi connectivity index (χ4n) is 4.47. The predicted molar refractivity (Wildman–Crippen MR) is 109 cm³/mol. The lowest BCUT2D eigenvalue weighted by molar-refractivity contribution is -0.133. The van der Waals surface area contributed by atoms with Crippen LogP contribution in [0.25, 0.3) is 11.1 Å². The summed E-state index contributed by atoms with van der Waals surface area (Å²) in [5.74, 6) is 0.288. The van der Waals surface area contributed by atoms with Crippen molar-refractivity contribution in [3.8, 4) is 11.1 Å². The SMILES string of the molecule is O=C1C(Cc2ccc(-c3ccccc3)cc2Cl)CCN1C1CCC(O)CC1. The van der Waals surface area contributed by atoms with Gasteiger partial charge in [0, 0.05) is 23.5 Å². The summed E-state index contributed by atoms with van der Waals surface area (Å²) in [5, 5.41) is 10.4. The number of aliphatic hydroxyl groups is 1. The zero-order chi connectivity index (χ0) is 18.8. The quantitative estimate of drug-likeness (QED) is 0.831. The first-order valence-electron chi connectivity index (χ1n) is 9.94. The van der Waals surface area contributed by atoms with E-state index < -0.39 is 0 Å². The van der Waals surface area contributed by atoms with Crippen LogP contribution in [-0.4, -0.2) is 34.6 Å². The second kappa shape index (κ2) is 8.04. The van der Waals surface area contributed by atoms with Gasteiger partial charge in [0.15, 0.2) is 0 Å². The molecule has 1 atom stereocenters. The highest BCUT2D eigenvalue weighted by atomic mass is 35.5. The van der Waals surface area contributed by atoms with Crippen LogP contribution in [0.5, 0.6) is 0 Å². The number of hydrogen-bond donors (Lipinski definition) is 1. The van der Waals surface area contributed by atoms with E-state index in [4.69, 9.17) is 11.6 Å². The summed E-state index contributed by atoms with van der Waals surface area (Å²) in [4.78, 5) is 15.0. The molecule has 1 unspecified atom stereocenters. The Morgan fingerprint density at radius 3 is 2.41 bits per heavy atom. The second-order valence-electron chi connectivity index (χ2n) is 7.86. The number of amides is 1. The number of halogens is 1. The minimum Gasteiger partial charge on any atom is -0.393 e. The number of carbonyl (C=O) groups excluding carboxylic acids is 1. The van der Waals surface area contributed by atoms with Crippen LogP contribution in [0.4, 0.5) is 0 Å². The normalized spacial score (nSPS) is 25.8. The largest absolute Gasteiger partial charge is 0.393 e. The molecule has 142 valence electrons. The van der Waals surface area contributed by atoms with E-state index in [2.05, 4.69) is 29.2 Å². The Labute approximate surface area is 166 Å². The first-order chi connectivity index (χ1) is 13.1. The summed E-state index contributed by atoms with van der Waals surface area (Å²) >= 11 is 6.55. The zero-order valence-electron chi connectivity index (χ0n) is 15.5. The van der Waals surface area contributed by atoms with Gasteiger partial charge >= 0.3 is 0 Å². The van der Waals surface area contributed by atoms with Crippen molar-refractivity contribution in [2.45, 2.75) is 50.7 Å².